The Kier molecular flexibility index (Phi) is 5.84. The number of benzene rings is 1. The van der Waals surface area contributed by atoms with Crippen LogP contribution < -0.4 is 14.8 Å². The van der Waals surface area contributed by atoms with Gasteiger partial charge in [-0.2, -0.15) is 0 Å². The molecule has 3 heteroatoms. The monoisotopic (exact) mass is 237 g/mol. The van der Waals surface area contributed by atoms with E-state index in [0.29, 0.717) is 0 Å². The third-order valence-corrected chi connectivity index (χ3v) is 2.66. The topological polar surface area (TPSA) is 30.5 Å². The summed E-state index contributed by atoms with van der Waals surface area (Å²) in [6.45, 7) is 5.06. The van der Waals surface area contributed by atoms with Gasteiger partial charge in [-0.15, -0.1) is 0 Å². The van der Waals surface area contributed by atoms with E-state index in [1.807, 2.05) is 32.2 Å². The first kappa shape index (κ1) is 13.8. The van der Waals surface area contributed by atoms with Crippen LogP contribution in [0.1, 0.15) is 25.3 Å². The Morgan fingerprint density at radius 2 is 2.06 bits per heavy atom. The van der Waals surface area contributed by atoms with Crippen LogP contribution in [0.4, 0.5) is 0 Å². The molecule has 0 saturated heterocycles. The van der Waals surface area contributed by atoms with Gasteiger partial charge in [0.1, 0.15) is 6.10 Å². The van der Waals surface area contributed by atoms with Crippen molar-refractivity contribution in [3.05, 3.63) is 23.8 Å². The predicted molar refractivity (Wildman–Crippen MR) is 71.0 cm³/mol. The van der Waals surface area contributed by atoms with Gasteiger partial charge in [0.2, 0.25) is 0 Å². The number of ether oxygens (including phenoxy) is 2. The molecule has 1 rings (SSSR count). The summed E-state index contributed by atoms with van der Waals surface area (Å²) in [5, 5.41) is 3.16. The lowest BCUT2D eigenvalue weighted by Gasteiger charge is -2.20. The summed E-state index contributed by atoms with van der Waals surface area (Å²) in [4.78, 5) is 0. The number of nitrogens with one attached hydrogen (secondary N) is 1. The van der Waals surface area contributed by atoms with Gasteiger partial charge in [0.05, 0.1) is 7.11 Å². The number of aryl methyl sites for hydroxylation is 1. The van der Waals surface area contributed by atoms with Crippen LogP contribution in [-0.2, 0) is 0 Å². The molecular weight excluding hydrogens is 214 g/mol. The van der Waals surface area contributed by atoms with Crippen LogP contribution in [0.3, 0.4) is 0 Å². The van der Waals surface area contributed by atoms with Crippen molar-refractivity contribution in [2.45, 2.75) is 32.8 Å². The molecular formula is C14H23NO2. The van der Waals surface area contributed by atoms with E-state index >= 15 is 0 Å². The summed E-state index contributed by atoms with van der Waals surface area (Å²) < 4.78 is 11.3. The molecule has 1 atom stereocenters. The zero-order valence-corrected chi connectivity index (χ0v) is 11.2. The van der Waals surface area contributed by atoms with Gasteiger partial charge in [0.15, 0.2) is 11.5 Å². The Balaban J connectivity index is 2.76. The van der Waals surface area contributed by atoms with Gasteiger partial charge >= 0.3 is 0 Å². The Labute approximate surface area is 104 Å². The Hall–Kier alpha value is -1.22. The van der Waals surface area contributed by atoms with Gasteiger partial charge < -0.3 is 14.8 Å². The molecule has 1 N–H and O–H groups in total. The van der Waals surface area contributed by atoms with Crippen molar-refractivity contribution in [1.82, 2.24) is 5.32 Å². The molecule has 1 aromatic carbocycles. The average molecular weight is 237 g/mol. The van der Waals surface area contributed by atoms with Crippen LogP contribution in [0.25, 0.3) is 0 Å². The third kappa shape index (κ3) is 4.27. The fourth-order valence-electron chi connectivity index (χ4n) is 1.80. The Bertz CT molecular complexity index is 333. The fourth-order valence-corrected chi connectivity index (χ4v) is 1.80. The molecule has 0 aromatic heterocycles. The molecule has 0 radical (unpaired) electrons. The minimum absolute atomic E-state index is 0.196. The van der Waals surface area contributed by atoms with E-state index in [1.54, 1.807) is 7.11 Å². The number of hydrogen-bond acceptors (Lipinski definition) is 3. The highest BCUT2D eigenvalue weighted by Gasteiger charge is 2.12. The summed E-state index contributed by atoms with van der Waals surface area (Å²) in [5.41, 5.74) is 1.18. The van der Waals surface area contributed by atoms with E-state index < -0.39 is 0 Å². The molecule has 0 fully saturated rings. The van der Waals surface area contributed by atoms with E-state index in [1.165, 1.54) is 5.56 Å². The smallest absolute Gasteiger partial charge is 0.161 e. The van der Waals surface area contributed by atoms with Gasteiger partial charge in [0.25, 0.3) is 0 Å². The maximum absolute atomic E-state index is 5.98. The summed E-state index contributed by atoms with van der Waals surface area (Å²) in [6.07, 6.45) is 2.35. The molecule has 96 valence electrons. The van der Waals surface area contributed by atoms with Gasteiger partial charge in [0, 0.05) is 6.54 Å². The lowest BCUT2D eigenvalue weighted by atomic mass is 10.2. The second-order valence-corrected chi connectivity index (χ2v) is 4.24. The van der Waals surface area contributed by atoms with Gasteiger partial charge in [-0.1, -0.05) is 19.4 Å². The molecule has 0 aliphatic heterocycles. The van der Waals surface area contributed by atoms with Crippen LogP contribution in [0.5, 0.6) is 11.5 Å². The second kappa shape index (κ2) is 7.17. The lowest BCUT2D eigenvalue weighted by Crippen LogP contribution is -2.29. The number of hydrogen-bond donors (Lipinski definition) is 1. The highest BCUT2D eigenvalue weighted by atomic mass is 16.5. The molecule has 1 unspecified atom stereocenters. The highest BCUT2D eigenvalue weighted by Crippen LogP contribution is 2.29. The minimum Gasteiger partial charge on any atom is -0.493 e. The largest absolute Gasteiger partial charge is 0.493 e. The maximum atomic E-state index is 5.98. The molecule has 0 bridgehead atoms. The predicted octanol–water partition coefficient (Wildman–Crippen LogP) is 2.77. The van der Waals surface area contributed by atoms with Crippen molar-refractivity contribution < 1.29 is 9.47 Å². The highest BCUT2D eigenvalue weighted by molar-refractivity contribution is 5.42. The van der Waals surface area contributed by atoms with Crippen LogP contribution in [0.2, 0.25) is 0 Å². The summed E-state index contributed by atoms with van der Waals surface area (Å²) >= 11 is 0. The van der Waals surface area contributed by atoms with Crippen molar-refractivity contribution >= 4 is 0 Å². The van der Waals surface area contributed by atoms with Crippen molar-refractivity contribution in [2.24, 2.45) is 0 Å². The first-order valence-electron chi connectivity index (χ1n) is 6.17. The molecule has 0 amide bonds. The Morgan fingerprint density at radius 3 is 2.65 bits per heavy atom. The zero-order chi connectivity index (χ0) is 12.7. The van der Waals surface area contributed by atoms with Crippen LogP contribution in [-0.4, -0.2) is 26.8 Å². The van der Waals surface area contributed by atoms with Crippen molar-refractivity contribution in [1.29, 1.82) is 0 Å². The summed E-state index contributed by atoms with van der Waals surface area (Å²) in [7, 11) is 3.62. The van der Waals surface area contributed by atoms with E-state index in [4.69, 9.17) is 9.47 Å². The van der Waals surface area contributed by atoms with E-state index in [2.05, 4.69) is 12.2 Å². The van der Waals surface area contributed by atoms with Gasteiger partial charge in [-0.05, 0) is 38.1 Å². The lowest BCUT2D eigenvalue weighted by molar-refractivity contribution is 0.182. The van der Waals surface area contributed by atoms with E-state index in [0.717, 1.165) is 30.9 Å². The quantitative estimate of drug-likeness (QED) is 0.791. The van der Waals surface area contributed by atoms with Crippen molar-refractivity contribution in [3.63, 3.8) is 0 Å². The van der Waals surface area contributed by atoms with E-state index in [-0.39, 0.29) is 6.10 Å². The minimum atomic E-state index is 0.196. The van der Waals surface area contributed by atoms with Crippen LogP contribution >= 0.6 is 0 Å². The first-order valence-corrected chi connectivity index (χ1v) is 6.17. The number of likely N-dealkylation sites (N-methyl/N-ethyl adjacent to an activating group) is 1. The third-order valence-electron chi connectivity index (χ3n) is 2.66. The van der Waals surface area contributed by atoms with Crippen LogP contribution in [0, 0.1) is 6.92 Å². The molecule has 0 aliphatic rings. The summed E-state index contributed by atoms with van der Waals surface area (Å²) in [5.74, 6) is 1.63. The first-order chi connectivity index (χ1) is 8.21. The zero-order valence-electron chi connectivity index (χ0n) is 11.2. The molecule has 1 aromatic rings. The molecule has 0 spiro atoms. The van der Waals surface area contributed by atoms with Crippen molar-refractivity contribution in [3.8, 4) is 11.5 Å². The standard InChI is InChI=1S/C14H23NO2/c1-5-6-12(10-15-3)17-13-8-7-11(2)9-14(13)16-4/h7-9,12,15H,5-6,10H2,1-4H3. The SMILES string of the molecule is CCCC(CNC)Oc1ccc(C)cc1OC. The number of methoxy groups -OCH3 is 1. The molecule has 0 heterocycles. The fraction of sp³-hybridized carbons (Fsp3) is 0.571. The van der Waals surface area contributed by atoms with Crippen LogP contribution in [0.15, 0.2) is 18.2 Å². The van der Waals surface area contributed by atoms with Gasteiger partial charge in [-0.25, -0.2) is 0 Å². The second-order valence-electron chi connectivity index (χ2n) is 4.24. The average Bonchev–Trinajstić information content (AvgIpc) is 2.32. The van der Waals surface area contributed by atoms with E-state index in [9.17, 15) is 0 Å². The Morgan fingerprint density at radius 1 is 1.29 bits per heavy atom. The molecule has 3 nitrogen and oxygen atoms in total. The molecule has 17 heavy (non-hydrogen) atoms. The molecule has 0 saturated carbocycles. The normalized spacial score (nSPS) is 12.2. The number of rotatable bonds is 7. The molecule has 0 aliphatic carbocycles. The van der Waals surface area contributed by atoms with Gasteiger partial charge in [-0.3, -0.25) is 0 Å². The maximum Gasteiger partial charge on any atom is 0.161 e. The summed E-state index contributed by atoms with van der Waals surface area (Å²) in [6, 6.07) is 6.02. The van der Waals surface area contributed by atoms with Crippen molar-refractivity contribution in [2.75, 3.05) is 20.7 Å².